The Morgan fingerprint density at radius 3 is 2.55 bits per heavy atom. The Kier molecular flexibility index (Phi) is 5.39. The summed E-state index contributed by atoms with van der Waals surface area (Å²) in [4.78, 5) is 25.0. The molecule has 3 fully saturated rings. The second-order valence-electron chi connectivity index (χ2n) is 9.14. The van der Waals surface area contributed by atoms with Crippen LogP contribution in [0.15, 0.2) is 18.2 Å². The third-order valence-corrected chi connectivity index (χ3v) is 6.90. The number of carbonyl (C=O) groups is 1. The quantitative estimate of drug-likeness (QED) is 0.395. The minimum atomic E-state index is -4.65. The summed E-state index contributed by atoms with van der Waals surface area (Å²) in [5, 5.41) is 11.4. The van der Waals surface area contributed by atoms with Gasteiger partial charge in [0.1, 0.15) is 11.8 Å². The maximum absolute atomic E-state index is 12.9. The minimum Gasteiger partial charge on any atom is -0.461 e. The van der Waals surface area contributed by atoms with Crippen LogP contribution in [0.3, 0.4) is 0 Å². The molecule has 0 spiro atoms. The van der Waals surface area contributed by atoms with Crippen LogP contribution in [0.2, 0.25) is 0 Å². The highest BCUT2D eigenvalue weighted by Crippen LogP contribution is 2.54. The van der Waals surface area contributed by atoms with Crippen molar-refractivity contribution in [3.8, 4) is 0 Å². The first-order valence-corrected chi connectivity index (χ1v) is 10.4. The highest BCUT2D eigenvalue weighted by Gasteiger charge is 2.61. The van der Waals surface area contributed by atoms with Crippen molar-refractivity contribution in [3.05, 3.63) is 33.9 Å². The molecule has 3 unspecified atom stereocenters. The topological polar surface area (TPSA) is 81.9 Å². The van der Waals surface area contributed by atoms with Gasteiger partial charge in [0.2, 0.25) is 0 Å². The van der Waals surface area contributed by atoms with Crippen molar-refractivity contribution in [1.82, 2.24) is 0 Å². The lowest BCUT2D eigenvalue weighted by Gasteiger charge is -2.53. The fourth-order valence-electron chi connectivity index (χ4n) is 5.21. The number of carbonyl (C=O) groups excluding carboxylic acids is 1. The van der Waals surface area contributed by atoms with Crippen LogP contribution in [-0.4, -0.2) is 42.8 Å². The van der Waals surface area contributed by atoms with Gasteiger partial charge in [-0.1, -0.05) is 13.8 Å². The predicted molar refractivity (Wildman–Crippen MR) is 105 cm³/mol. The predicted octanol–water partition coefficient (Wildman–Crippen LogP) is 4.19. The third-order valence-electron chi connectivity index (χ3n) is 6.90. The zero-order valence-corrected chi connectivity index (χ0v) is 17.4. The molecule has 2 saturated heterocycles. The number of nitro benzene ring substituents is 1. The SMILES string of the molecule is CC1(C)C2OCCC2C1OC(=O)C1CCN(c2ccc(C(F)(F)F)cc2[N+](=O)[O-])CC1. The average molecular weight is 442 g/mol. The van der Waals surface area contributed by atoms with Crippen molar-refractivity contribution < 1.29 is 32.4 Å². The summed E-state index contributed by atoms with van der Waals surface area (Å²) in [5.74, 6) is -0.374. The van der Waals surface area contributed by atoms with Crippen LogP contribution in [0.4, 0.5) is 24.5 Å². The Morgan fingerprint density at radius 1 is 1.26 bits per heavy atom. The van der Waals surface area contributed by atoms with Gasteiger partial charge in [-0.05, 0) is 31.4 Å². The highest BCUT2D eigenvalue weighted by molar-refractivity contribution is 5.74. The van der Waals surface area contributed by atoms with Crippen molar-refractivity contribution in [3.63, 3.8) is 0 Å². The minimum absolute atomic E-state index is 0.118. The molecule has 0 amide bonds. The Hall–Kier alpha value is -2.36. The molecule has 10 heteroatoms. The molecule has 2 heterocycles. The van der Waals surface area contributed by atoms with Crippen molar-refractivity contribution in [2.45, 2.75) is 51.5 Å². The lowest BCUT2D eigenvalue weighted by Crippen LogP contribution is -2.61. The molecule has 170 valence electrons. The summed E-state index contributed by atoms with van der Waals surface area (Å²) in [6, 6.07) is 2.55. The van der Waals surface area contributed by atoms with Gasteiger partial charge in [0.15, 0.2) is 0 Å². The van der Waals surface area contributed by atoms with E-state index in [0.29, 0.717) is 38.6 Å². The van der Waals surface area contributed by atoms with Gasteiger partial charge in [0.25, 0.3) is 5.69 Å². The number of piperidine rings is 1. The monoisotopic (exact) mass is 442 g/mol. The second kappa shape index (κ2) is 7.65. The second-order valence-corrected chi connectivity index (χ2v) is 9.14. The van der Waals surface area contributed by atoms with Crippen molar-refractivity contribution in [2.75, 3.05) is 24.6 Å². The molecule has 7 nitrogen and oxygen atoms in total. The van der Waals surface area contributed by atoms with Crippen LogP contribution in [0, 0.1) is 27.4 Å². The number of alkyl halides is 3. The largest absolute Gasteiger partial charge is 0.461 e. The van der Waals surface area contributed by atoms with Crippen LogP contribution >= 0.6 is 0 Å². The molecular weight excluding hydrogens is 417 g/mol. The number of ether oxygens (including phenoxy) is 2. The van der Waals surface area contributed by atoms with E-state index in [0.717, 1.165) is 18.6 Å². The van der Waals surface area contributed by atoms with Crippen molar-refractivity contribution >= 4 is 17.3 Å². The van der Waals surface area contributed by atoms with Crippen LogP contribution < -0.4 is 4.90 Å². The number of nitrogens with zero attached hydrogens (tertiary/aromatic N) is 2. The Balaban J connectivity index is 1.40. The van der Waals surface area contributed by atoms with E-state index >= 15 is 0 Å². The molecule has 0 bridgehead atoms. The Bertz CT molecular complexity index is 880. The molecule has 0 N–H and O–H groups in total. The Morgan fingerprint density at radius 2 is 1.94 bits per heavy atom. The van der Waals surface area contributed by atoms with Gasteiger partial charge in [-0.2, -0.15) is 13.2 Å². The van der Waals surface area contributed by atoms with E-state index in [2.05, 4.69) is 0 Å². The number of hydrogen-bond acceptors (Lipinski definition) is 6. The number of benzene rings is 1. The van der Waals surface area contributed by atoms with E-state index in [1.54, 1.807) is 4.90 Å². The number of anilines is 1. The van der Waals surface area contributed by atoms with Gasteiger partial charge >= 0.3 is 12.1 Å². The normalized spacial score (nSPS) is 28.0. The molecule has 0 radical (unpaired) electrons. The van der Waals surface area contributed by atoms with Gasteiger partial charge < -0.3 is 14.4 Å². The molecular formula is C21H25F3N2O5. The van der Waals surface area contributed by atoms with E-state index in [-0.39, 0.29) is 41.1 Å². The van der Waals surface area contributed by atoms with Crippen LogP contribution in [0.5, 0.6) is 0 Å². The Labute approximate surface area is 177 Å². The van der Waals surface area contributed by atoms with Gasteiger partial charge in [-0.15, -0.1) is 0 Å². The van der Waals surface area contributed by atoms with E-state index in [9.17, 15) is 28.1 Å². The van der Waals surface area contributed by atoms with E-state index in [1.807, 2.05) is 13.8 Å². The maximum atomic E-state index is 12.9. The van der Waals surface area contributed by atoms with Crippen LogP contribution in [0.25, 0.3) is 0 Å². The molecule has 3 atom stereocenters. The number of rotatable bonds is 4. The van der Waals surface area contributed by atoms with Crippen molar-refractivity contribution in [2.24, 2.45) is 17.3 Å². The molecule has 1 saturated carbocycles. The lowest BCUT2D eigenvalue weighted by molar-refractivity contribution is -0.384. The molecule has 3 aliphatic rings. The number of hydrogen-bond donors (Lipinski definition) is 0. The van der Waals surface area contributed by atoms with Gasteiger partial charge in [0, 0.05) is 37.1 Å². The van der Waals surface area contributed by atoms with E-state index < -0.39 is 22.4 Å². The van der Waals surface area contributed by atoms with Crippen molar-refractivity contribution in [1.29, 1.82) is 0 Å². The first-order valence-electron chi connectivity index (χ1n) is 10.4. The van der Waals surface area contributed by atoms with E-state index in [4.69, 9.17) is 9.47 Å². The summed E-state index contributed by atoms with van der Waals surface area (Å²) >= 11 is 0. The summed E-state index contributed by atoms with van der Waals surface area (Å²) in [7, 11) is 0. The fourth-order valence-corrected chi connectivity index (χ4v) is 5.21. The lowest BCUT2D eigenvalue weighted by atomic mass is 9.59. The standard InChI is InChI=1S/C21H25F3N2O5/c1-20(2)17-14(7-10-30-17)18(20)31-19(27)12-5-8-25(9-6-12)15-4-3-13(21(22,23)24)11-16(15)26(28)29/h3-4,11-12,14,17-18H,5-10H2,1-2H3. The number of esters is 1. The summed E-state index contributed by atoms with van der Waals surface area (Å²) < 4.78 is 50.3. The summed E-state index contributed by atoms with van der Waals surface area (Å²) in [5.41, 5.74) is -1.73. The fraction of sp³-hybridized carbons (Fsp3) is 0.667. The molecule has 2 aliphatic heterocycles. The smallest absolute Gasteiger partial charge is 0.416 e. The van der Waals surface area contributed by atoms with Crippen LogP contribution in [-0.2, 0) is 20.4 Å². The first-order chi connectivity index (χ1) is 14.5. The van der Waals surface area contributed by atoms with Gasteiger partial charge in [-0.25, -0.2) is 0 Å². The molecule has 1 aliphatic carbocycles. The zero-order valence-electron chi connectivity index (χ0n) is 17.4. The number of nitro groups is 1. The first kappa shape index (κ1) is 21.9. The molecule has 0 aromatic heterocycles. The van der Waals surface area contributed by atoms with E-state index in [1.165, 1.54) is 0 Å². The third kappa shape index (κ3) is 3.86. The number of fused-ring (bicyclic) bond motifs is 1. The zero-order chi connectivity index (χ0) is 22.6. The number of halogens is 3. The summed E-state index contributed by atoms with van der Waals surface area (Å²) in [6.07, 6.45) is -2.99. The van der Waals surface area contributed by atoms with Crippen LogP contribution in [0.1, 0.15) is 38.7 Å². The molecule has 31 heavy (non-hydrogen) atoms. The average Bonchev–Trinajstić information content (AvgIpc) is 3.18. The molecule has 1 aromatic carbocycles. The summed E-state index contributed by atoms with van der Waals surface area (Å²) in [6.45, 7) is 5.40. The molecule has 1 aromatic rings. The van der Waals surface area contributed by atoms with Gasteiger partial charge in [-0.3, -0.25) is 14.9 Å². The van der Waals surface area contributed by atoms with Gasteiger partial charge in [0.05, 0.1) is 22.5 Å². The molecule has 4 rings (SSSR count). The highest BCUT2D eigenvalue weighted by atomic mass is 19.4. The maximum Gasteiger partial charge on any atom is 0.416 e.